The third kappa shape index (κ3) is 8.55. The van der Waals surface area contributed by atoms with Crippen LogP contribution in [0.5, 0.6) is 0 Å². The predicted molar refractivity (Wildman–Crippen MR) is 66.6 cm³/mol. The van der Waals surface area contributed by atoms with Gasteiger partial charge in [0.2, 0.25) is 0 Å². The van der Waals surface area contributed by atoms with Crippen molar-refractivity contribution in [1.29, 1.82) is 0 Å². The van der Waals surface area contributed by atoms with Crippen molar-refractivity contribution in [3.63, 3.8) is 0 Å². The molecule has 0 atom stereocenters. The molecule has 0 N–H and O–H groups in total. The van der Waals surface area contributed by atoms with Crippen LogP contribution in [0.4, 0.5) is 0 Å². The molecule has 0 aromatic heterocycles. The zero-order valence-corrected chi connectivity index (χ0v) is 11.0. The van der Waals surface area contributed by atoms with Crippen molar-refractivity contribution in [1.82, 2.24) is 0 Å². The molecule has 14 heavy (non-hydrogen) atoms. The van der Waals surface area contributed by atoms with Gasteiger partial charge in [-0.3, -0.25) is 4.99 Å². The molecule has 0 aromatic carbocycles. The van der Waals surface area contributed by atoms with Crippen molar-refractivity contribution >= 4 is 17.8 Å². The number of aliphatic imine (C=N–C) groups is 1. The van der Waals surface area contributed by atoms with Crippen LogP contribution in [0.15, 0.2) is 4.99 Å². The van der Waals surface area contributed by atoms with Crippen LogP contribution in [0.1, 0.15) is 53.9 Å². The highest BCUT2D eigenvalue weighted by Crippen LogP contribution is 2.22. The van der Waals surface area contributed by atoms with Crippen molar-refractivity contribution in [2.45, 2.75) is 59.4 Å². The minimum absolute atomic E-state index is 0.0454. The highest BCUT2D eigenvalue weighted by atomic mass is 35.5. The fourth-order valence-corrected chi connectivity index (χ4v) is 1.30. The van der Waals surface area contributed by atoms with E-state index in [2.05, 4.69) is 45.8 Å². The van der Waals surface area contributed by atoms with E-state index in [1.165, 1.54) is 12.8 Å². The largest absolute Gasteiger partial charge is 0.291 e. The van der Waals surface area contributed by atoms with Gasteiger partial charge in [0.15, 0.2) is 0 Å². The van der Waals surface area contributed by atoms with Gasteiger partial charge in [0, 0.05) is 12.1 Å². The standard InChI is InChI=1S/C12H24ClN/c1-11(2,3)14-10-12(4,5)8-6-7-9-13/h10H,6-9H2,1-5H3. The molecule has 0 spiro atoms. The minimum atomic E-state index is 0.0454. The number of hydrogen-bond donors (Lipinski definition) is 0. The molecule has 0 saturated heterocycles. The van der Waals surface area contributed by atoms with Crippen LogP contribution in [0.25, 0.3) is 0 Å². The molecule has 0 aromatic rings. The minimum Gasteiger partial charge on any atom is -0.291 e. The smallest absolute Gasteiger partial charge is 0.0520 e. The van der Waals surface area contributed by atoms with Crippen LogP contribution in [-0.2, 0) is 0 Å². The lowest BCUT2D eigenvalue weighted by Gasteiger charge is -2.21. The summed E-state index contributed by atoms with van der Waals surface area (Å²) in [6.45, 7) is 10.8. The molecule has 0 bridgehead atoms. The Morgan fingerprint density at radius 2 is 1.64 bits per heavy atom. The topological polar surface area (TPSA) is 12.4 Å². The van der Waals surface area contributed by atoms with E-state index in [9.17, 15) is 0 Å². The summed E-state index contributed by atoms with van der Waals surface area (Å²) in [4.78, 5) is 4.55. The third-order valence-electron chi connectivity index (χ3n) is 2.01. The second-order valence-electron chi connectivity index (χ2n) is 5.56. The van der Waals surface area contributed by atoms with Crippen LogP contribution >= 0.6 is 11.6 Å². The molecule has 0 unspecified atom stereocenters. The summed E-state index contributed by atoms with van der Waals surface area (Å²) >= 11 is 5.65. The van der Waals surface area contributed by atoms with Gasteiger partial charge in [0.1, 0.15) is 0 Å². The van der Waals surface area contributed by atoms with Gasteiger partial charge in [-0.25, -0.2) is 0 Å². The van der Waals surface area contributed by atoms with Gasteiger partial charge < -0.3 is 0 Å². The van der Waals surface area contributed by atoms with Crippen LogP contribution in [0, 0.1) is 5.41 Å². The Morgan fingerprint density at radius 3 is 2.07 bits per heavy atom. The highest BCUT2D eigenvalue weighted by molar-refractivity contribution is 6.17. The summed E-state index contributed by atoms with van der Waals surface area (Å²) < 4.78 is 0. The number of nitrogens with zero attached hydrogens (tertiary/aromatic N) is 1. The highest BCUT2D eigenvalue weighted by Gasteiger charge is 2.16. The van der Waals surface area contributed by atoms with Crippen molar-refractivity contribution in [2.24, 2.45) is 10.4 Å². The van der Waals surface area contributed by atoms with Gasteiger partial charge in [-0.15, -0.1) is 11.6 Å². The first kappa shape index (κ1) is 14.0. The summed E-state index contributed by atoms with van der Waals surface area (Å²) in [6.07, 6.45) is 5.56. The van der Waals surface area contributed by atoms with Gasteiger partial charge >= 0.3 is 0 Å². The van der Waals surface area contributed by atoms with Crippen molar-refractivity contribution in [3.05, 3.63) is 0 Å². The summed E-state index contributed by atoms with van der Waals surface area (Å²) in [7, 11) is 0. The van der Waals surface area contributed by atoms with Crippen molar-refractivity contribution < 1.29 is 0 Å². The molecular weight excluding hydrogens is 194 g/mol. The van der Waals surface area contributed by atoms with E-state index in [1.54, 1.807) is 0 Å². The van der Waals surface area contributed by atoms with Crippen LogP contribution in [-0.4, -0.2) is 17.6 Å². The summed E-state index contributed by atoms with van der Waals surface area (Å²) in [5, 5.41) is 0. The number of unbranched alkanes of at least 4 members (excludes halogenated alkanes) is 1. The Bertz CT molecular complexity index is 177. The monoisotopic (exact) mass is 217 g/mol. The molecule has 0 saturated carbocycles. The van der Waals surface area contributed by atoms with Gasteiger partial charge in [0.05, 0.1) is 5.54 Å². The van der Waals surface area contributed by atoms with E-state index in [-0.39, 0.29) is 11.0 Å². The molecule has 0 aliphatic heterocycles. The fraction of sp³-hybridized carbons (Fsp3) is 0.917. The molecule has 0 rings (SSSR count). The Morgan fingerprint density at radius 1 is 1.07 bits per heavy atom. The summed E-state index contributed by atoms with van der Waals surface area (Å²) in [5.41, 5.74) is 0.253. The first-order valence-corrected chi connectivity index (χ1v) is 5.93. The van der Waals surface area contributed by atoms with Gasteiger partial charge in [-0.1, -0.05) is 20.3 Å². The fourth-order valence-electron chi connectivity index (χ4n) is 1.11. The lowest BCUT2D eigenvalue weighted by atomic mass is 9.88. The molecule has 2 heteroatoms. The van der Waals surface area contributed by atoms with Crippen molar-refractivity contribution in [3.8, 4) is 0 Å². The van der Waals surface area contributed by atoms with E-state index in [0.717, 1.165) is 12.3 Å². The zero-order chi connectivity index (χ0) is 11.2. The molecule has 0 fully saturated rings. The van der Waals surface area contributed by atoms with E-state index in [4.69, 9.17) is 11.6 Å². The second-order valence-corrected chi connectivity index (χ2v) is 5.94. The summed E-state index contributed by atoms with van der Waals surface area (Å²) in [6, 6.07) is 0. The van der Waals surface area contributed by atoms with Crippen molar-refractivity contribution in [2.75, 3.05) is 5.88 Å². The lowest BCUT2D eigenvalue weighted by Crippen LogP contribution is -2.18. The molecule has 0 aliphatic rings. The Labute approximate surface area is 94.0 Å². The zero-order valence-electron chi connectivity index (χ0n) is 10.2. The normalized spacial score (nSPS) is 13.9. The Balaban J connectivity index is 4.00. The van der Waals surface area contributed by atoms with Gasteiger partial charge in [-0.05, 0) is 39.0 Å². The van der Waals surface area contributed by atoms with Gasteiger partial charge in [-0.2, -0.15) is 0 Å². The molecule has 0 aliphatic carbocycles. The Hall–Kier alpha value is -0.0400. The maximum absolute atomic E-state index is 5.65. The van der Waals surface area contributed by atoms with Crippen LogP contribution < -0.4 is 0 Å². The van der Waals surface area contributed by atoms with E-state index >= 15 is 0 Å². The molecular formula is C12H24ClN. The molecule has 1 nitrogen and oxygen atoms in total. The molecule has 0 heterocycles. The molecule has 84 valence electrons. The maximum atomic E-state index is 5.65. The molecule has 0 radical (unpaired) electrons. The average molecular weight is 218 g/mol. The number of alkyl halides is 1. The first-order valence-electron chi connectivity index (χ1n) is 5.39. The van der Waals surface area contributed by atoms with Crippen LogP contribution in [0.3, 0.4) is 0 Å². The SMILES string of the molecule is CC(C)(C=NC(C)(C)C)CCCCCl. The average Bonchev–Trinajstić information content (AvgIpc) is 2.00. The Kier molecular flexibility index (Phi) is 5.73. The lowest BCUT2D eigenvalue weighted by molar-refractivity contribution is 0.455. The summed E-state index contributed by atoms with van der Waals surface area (Å²) in [5.74, 6) is 0.770. The number of rotatable bonds is 5. The second kappa shape index (κ2) is 5.75. The van der Waals surface area contributed by atoms with Crippen LogP contribution in [0.2, 0.25) is 0 Å². The maximum Gasteiger partial charge on any atom is 0.0520 e. The number of hydrogen-bond acceptors (Lipinski definition) is 1. The predicted octanol–water partition coefficient (Wildman–Crippen LogP) is 4.29. The first-order chi connectivity index (χ1) is 6.27. The molecule has 0 amide bonds. The van der Waals surface area contributed by atoms with E-state index < -0.39 is 0 Å². The quantitative estimate of drug-likeness (QED) is 0.370. The van der Waals surface area contributed by atoms with Gasteiger partial charge in [0.25, 0.3) is 0 Å². The van der Waals surface area contributed by atoms with E-state index in [0.29, 0.717) is 0 Å². The third-order valence-corrected chi connectivity index (χ3v) is 2.27. The van der Waals surface area contributed by atoms with E-state index in [1.807, 2.05) is 0 Å². The number of halogens is 1.